The van der Waals surface area contributed by atoms with Gasteiger partial charge in [-0.15, -0.1) is 0 Å². The Kier molecular flexibility index (Phi) is 7.52. The van der Waals surface area contributed by atoms with Crippen LogP contribution in [0.25, 0.3) is 0 Å². The Morgan fingerprint density at radius 2 is 2.07 bits per heavy atom. The van der Waals surface area contributed by atoms with E-state index >= 15 is 0 Å². The number of carbonyl (C=O) groups excluding carboxylic acids is 2. The van der Waals surface area contributed by atoms with E-state index in [0.717, 1.165) is 12.8 Å². The van der Waals surface area contributed by atoms with Gasteiger partial charge in [0.25, 0.3) is 0 Å². The standard InChI is InChI=1S/C20H23ClN4O2/c1-4-6-13(5-2)19(24-15-7-8-15)20(27)25-18-10-17(23-12-22-3)14(11-26)9-16(18)21/h4-6,9-12,15,19,24H,1-2,7-8H2,3H3,(H,22,23)(H,25,27)/b13-6+. The summed E-state index contributed by atoms with van der Waals surface area (Å²) in [5, 5.41) is 9.29. The average molecular weight is 387 g/mol. The molecule has 1 atom stereocenters. The van der Waals surface area contributed by atoms with E-state index in [0.29, 0.717) is 34.8 Å². The first-order valence-electron chi connectivity index (χ1n) is 8.51. The van der Waals surface area contributed by atoms with Crippen LogP contribution in [0.3, 0.4) is 0 Å². The summed E-state index contributed by atoms with van der Waals surface area (Å²) in [5.74, 6) is -0.272. The highest BCUT2D eigenvalue weighted by atomic mass is 35.5. The summed E-state index contributed by atoms with van der Waals surface area (Å²) in [6, 6.07) is 2.82. The number of carbonyl (C=O) groups is 2. The van der Waals surface area contributed by atoms with Crippen LogP contribution in [0.4, 0.5) is 11.4 Å². The second kappa shape index (κ2) is 9.85. The average Bonchev–Trinajstić information content (AvgIpc) is 3.48. The molecule has 3 N–H and O–H groups in total. The molecule has 1 unspecified atom stereocenters. The third-order valence-corrected chi connectivity index (χ3v) is 4.31. The molecule has 2 rings (SSSR count). The van der Waals surface area contributed by atoms with Crippen LogP contribution in [0.1, 0.15) is 23.2 Å². The fourth-order valence-corrected chi connectivity index (χ4v) is 2.69. The molecule has 7 heteroatoms. The quantitative estimate of drug-likeness (QED) is 0.248. The molecule has 1 aromatic carbocycles. The summed E-state index contributed by atoms with van der Waals surface area (Å²) in [7, 11) is 1.60. The van der Waals surface area contributed by atoms with Gasteiger partial charge in [0.15, 0.2) is 6.29 Å². The van der Waals surface area contributed by atoms with Gasteiger partial charge >= 0.3 is 0 Å². The summed E-state index contributed by atoms with van der Waals surface area (Å²) in [6.45, 7) is 7.46. The minimum atomic E-state index is -0.580. The van der Waals surface area contributed by atoms with Crippen LogP contribution in [-0.2, 0) is 4.79 Å². The fraction of sp³-hybridized carbons (Fsp3) is 0.250. The highest BCUT2D eigenvalue weighted by molar-refractivity contribution is 6.34. The first kappa shape index (κ1) is 20.6. The SMILES string of the molecule is C=C/C=C(\C=C)C(NC1CC1)C(=O)Nc1cc(NC=NC)c(C=O)cc1Cl. The number of hydrogen-bond donors (Lipinski definition) is 3. The number of halogens is 1. The zero-order valence-corrected chi connectivity index (χ0v) is 15.9. The van der Waals surface area contributed by atoms with E-state index < -0.39 is 6.04 Å². The van der Waals surface area contributed by atoms with Crippen molar-refractivity contribution in [1.82, 2.24) is 5.32 Å². The Balaban J connectivity index is 2.30. The van der Waals surface area contributed by atoms with Crippen molar-refractivity contribution in [3.05, 3.63) is 59.7 Å². The van der Waals surface area contributed by atoms with E-state index in [4.69, 9.17) is 11.6 Å². The molecule has 1 amide bonds. The van der Waals surface area contributed by atoms with Crippen LogP contribution in [0, 0.1) is 0 Å². The van der Waals surface area contributed by atoms with Gasteiger partial charge in [0.05, 0.1) is 22.7 Å². The Labute approximate surface area is 164 Å². The molecule has 1 aliphatic carbocycles. The topological polar surface area (TPSA) is 82.6 Å². The molecule has 1 aromatic rings. The summed E-state index contributed by atoms with van der Waals surface area (Å²) < 4.78 is 0. The van der Waals surface area contributed by atoms with Crippen molar-refractivity contribution >= 4 is 41.5 Å². The molecule has 0 saturated heterocycles. The molecule has 1 saturated carbocycles. The van der Waals surface area contributed by atoms with Crippen LogP contribution in [0.15, 0.2) is 54.1 Å². The van der Waals surface area contributed by atoms with Crippen LogP contribution in [0.2, 0.25) is 5.02 Å². The minimum Gasteiger partial charge on any atom is -0.346 e. The lowest BCUT2D eigenvalue weighted by molar-refractivity contribution is -0.117. The van der Waals surface area contributed by atoms with Crippen molar-refractivity contribution in [3.8, 4) is 0 Å². The summed E-state index contributed by atoms with van der Waals surface area (Å²) >= 11 is 6.25. The van der Waals surface area contributed by atoms with Gasteiger partial charge in [-0.25, -0.2) is 0 Å². The maximum Gasteiger partial charge on any atom is 0.246 e. The van der Waals surface area contributed by atoms with Gasteiger partial charge in [-0.2, -0.15) is 0 Å². The molecule has 0 heterocycles. The van der Waals surface area contributed by atoms with Crippen LogP contribution in [0.5, 0.6) is 0 Å². The minimum absolute atomic E-state index is 0.266. The lowest BCUT2D eigenvalue weighted by Crippen LogP contribution is -2.42. The number of anilines is 2. The van der Waals surface area contributed by atoms with Crippen LogP contribution < -0.4 is 16.0 Å². The van der Waals surface area contributed by atoms with E-state index in [1.165, 1.54) is 12.4 Å². The van der Waals surface area contributed by atoms with Crippen molar-refractivity contribution in [3.63, 3.8) is 0 Å². The van der Waals surface area contributed by atoms with E-state index in [-0.39, 0.29) is 10.9 Å². The highest BCUT2D eigenvalue weighted by Crippen LogP contribution is 2.29. The van der Waals surface area contributed by atoms with Gasteiger partial charge in [-0.1, -0.05) is 43.0 Å². The van der Waals surface area contributed by atoms with Crippen molar-refractivity contribution < 1.29 is 9.59 Å². The predicted octanol–water partition coefficient (Wildman–Crippen LogP) is 3.58. The van der Waals surface area contributed by atoms with Gasteiger partial charge in [-0.3, -0.25) is 19.9 Å². The van der Waals surface area contributed by atoms with E-state index in [1.807, 2.05) is 0 Å². The molecule has 27 heavy (non-hydrogen) atoms. The molecule has 0 aromatic heterocycles. The highest BCUT2D eigenvalue weighted by Gasteiger charge is 2.30. The Bertz CT molecular complexity index is 797. The largest absolute Gasteiger partial charge is 0.346 e. The maximum atomic E-state index is 12.9. The summed E-state index contributed by atoms with van der Waals surface area (Å²) in [4.78, 5) is 28.0. The number of nitrogens with one attached hydrogen (secondary N) is 3. The van der Waals surface area contributed by atoms with Crippen molar-refractivity contribution in [2.24, 2.45) is 4.99 Å². The number of allylic oxidation sites excluding steroid dienone is 2. The first-order chi connectivity index (χ1) is 13.0. The maximum absolute atomic E-state index is 12.9. The Morgan fingerprint density at radius 3 is 2.63 bits per heavy atom. The molecule has 0 radical (unpaired) electrons. The van der Waals surface area contributed by atoms with E-state index in [1.54, 1.807) is 31.3 Å². The molecular formula is C20H23ClN4O2. The predicted molar refractivity (Wildman–Crippen MR) is 112 cm³/mol. The van der Waals surface area contributed by atoms with Gasteiger partial charge in [0, 0.05) is 18.7 Å². The first-order valence-corrected chi connectivity index (χ1v) is 8.89. The number of amides is 1. The molecule has 0 bridgehead atoms. The molecule has 1 fully saturated rings. The Morgan fingerprint density at radius 1 is 1.33 bits per heavy atom. The molecule has 1 aliphatic rings. The van der Waals surface area contributed by atoms with Gasteiger partial charge in [-0.05, 0) is 30.5 Å². The van der Waals surface area contributed by atoms with Crippen LogP contribution >= 0.6 is 11.6 Å². The normalized spacial score (nSPS) is 15.3. The molecular weight excluding hydrogens is 364 g/mol. The van der Waals surface area contributed by atoms with Gasteiger partial charge < -0.3 is 10.6 Å². The van der Waals surface area contributed by atoms with Crippen molar-refractivity contribution in [2.45, 2.75) is 24.9 Å². The second-order valence-corrected chi connectivity index (χ2v) is 6.45. The summed E-state index contributed by atoms with van der Waals surface area (Å²) in [5.41, 5.74) is 1.96. The number of aliphatic imine (C=N–C) groups is 1. The van der Waals surface area contributed by atoms with E-state index in [2.05, 4.69) is 34.1 Å². The van der Waals surface area contributed by atoms with Gasteiger partial charge in [0.1, 0.15) is 6.04 Å². The molecule has 6 nitrogen and oxygen atoms in total. The van der Waals surface area contributed by atoms with Crippen molar-refractivity contribution in [2.75, 3.05) is 17.7 Å². The molecule has 142 valence electrons. The number of benzene rings is 1. The van der Waals surface area contributed by atoms with Crippen molar-refractivity contribution in [1.29, 1.82) is 0 Å². The van der Waals surface area contributed by atoms with E-state index in [9.17, 15) is 9.59 Å². The number of rotatable bonds is 10. The second-order valence-electron chi connectivity index (χ2n) is 6.04. The third-order valence-electron chi connectivity index (χ3n) is 3.99. The third kappa shape index (κ3) is 5.64. The molecule has 0 spiro atoms. The number of aldehydes is 1. The monoisotopic (exact) mass is 386 g/mol. The van der Waals surface area contributed by atoms with Crippen LogP contribution in [-0.4, -0.2) is 37.7 Å². The smallest absolute Gasteiger partial charge is 0.246 e. The molecule has 0 aliphatic heterocycles. The number of hydrogen-bond acceptors (Lipinski definition) is 4. The van der Waals surface area contributed by atoms with Gasteiger partial charge in [0.2, 0.25) is 5.91 Å². The zero-order chi connectivity index (χ0) is 19.8. The fourth-order valence-electron chi connectivity index (χ4n) is 2.47. The lowest BCUT2D eigenvalue weighted by atomic mass is 10.1. The summed E-state index contributed by atoms with van der Waals surface area (Å²) in [6.07, 6.45) is 9.18. The lowest BCUT2D eigenvalue weighted by Gasteiger charge is -2.20. The Hall–Kier alpha value is -2.70. The number of nitrogens with zero attached hydrogens (tertiary/aromatic N) is 1. The zero-order valence-electron chi connectivity index (χ0n) is 15.2.